The van der Waals surface area contributed by atoms with E-state index in [9.17, 15) is 9.59 Å². The highest BCUT2D eigenvalue weighted by Gasteiger charge is 2.23. The van der Waals surface area contributed by atoms with E-state index in [0.717, 1.165) is 0 Å². The number of esters is 2. The van der Waals surface area contributed by atoms with E-state index in [1.54, 1.807) is 32.9 Å². The zero-order chi connectivity index (χ0) is 14.5. The van der Waals surface area contributed by atoms with E-state index in [1.165, 1.54) is 12.1 Å². The largest absolute Gasteiger partial charge is 0.508 e. The molecule has 1 aromatic carbocycles. The zero-order valence-corrected chi connectivity index (χ0v) is 11.3. The number of aromatic hydroxyl groups is 1. The molecular weight excluding hydrogens is 248 g/mol. The van der Waals surface area contributed by atoms with Crippen molar-refractivity contribution in [3.05, 3.63) is 29.8 Å². The van der Waals surface area contributed by atoms with Crippen molar-refractivity contribution in [3.8, 4) is 5.75 Å². The fourth-order valence-electron chi connectivity index (χ4n) is 1.20. The van der Waals surface area contributed by atoms with Crippen molar-refractivity contribution in [3.63, 3.8) is 0 Å². The van der Waals surface area contributed by atoms with Crippen LogP contribution in [0.4, 0.5) is 0 Å². The van der Waals surface area contributed by atoms with E-state index < -0.39 is 17.4 Å². The lowest BCUT2D eigenvalue weighted by molar-refractivity contribution is -0.172. The summed E-state index contributed by atoms with van der Waals surface area (Å²) < 4.78 is 9.61. The molecule has 1 rings (SSSR count). The molecule has 0 atom stereocenters. The summed E-state index contributed by atoms with van der Waals surface area (Å²) in [6.07, 6.45) is 0.0628. The van der Waals surface area contributed by atoms with Gasteiger partial charge in [-0.1, -0.05) is 12.1 Å². The minimum absolute atomic E-state index is 0.0628. The summed E-state index contributed by atoms with van der Waals surface area (Å²) in [5, 5.41) is 9.10. The van der Waals surface area contributed by atoms with Crippen LogP contribution in [0.5, 0.6) is 5.75 Å². The second kappa shape index (κ2) is 6.22. The summed E-state index contributed by atoms with van der Waals surface area (Å²) in [5.74, 6) is -0.784. The summed E-state index contributed by atoms with van der Waals surface area (Å²) in [5.41, 5.74) is 0.0913. The first-order valence-electron chi connectivity index (χ1n) is 5.90. The topological polar surface area (TPSA) is 72.8 Å². The number of hydrogen-bond acceptors (Lipinski definition) is 5. The third kappa shape index (κ3) is 5.42. The Morgan fingerprint density at radius 1 is 1.11 bits per heavy atom. The Hall–Kier alpha value is -2.04. The lowest BCUT2D eigenvalue weighted by Gasteiger charge is -2.16. The maximum absolute atomic E-state index is 11.5. The minimum atomic E-state index is -0.622. The summed E-state index contributed by atoms with van der Waals surface area (Å²) >= 11 is 0. The molecule has 19 heavy (non-hydrogen) atoms. The second-order valence-electron chi connectivity index (χ2n) is 5.16. The van der Waals surface area contributed by atoms with Crippen molar-refractivity contribution in [1.82, 2.24) is 0 Å². The zero-order valence-electron chi connectivity index (χ0n) is 11.3. The van der Waals surface area contributed by atoms with Crippen LogP contribution in [-0.2, 0) is 25.5 Å². The van der Waals surface area contributed by atoms with E-state index in [2.05, 4.69) is 0 Å². The van der Waals surface area contributed by atoms with E-state index in [4.69, 9.17) is 14.6 Å². The van der Waals surface area contributed by atoms with Gasteiger partial charge in [0.1, 0.15) is 5.75 Å². The van der Waals surface area contributed by atoms with Crippen molar-refractivity contribution in [2.24, 2.45) is 5.41 Å². The Bertz CT molecular complexity index is 442. The monoisotopic (exact) mass is 266 g/mol. The maximum Gasteiger partial charge on any atom is 0.314 e. The van der Waals surface area contributed by atoms with Gasteiger partial charge >= 0.3 is 11.9 Å². The third-order valence-electron chi connectivity index (χ3n) is 2.31. The van der Waals surface area contributed by atoms with Crippen LogP contribution >= 0.6 is 0 Å². The number of hydrogen-bond donors (Lipinski definition) is 1. The quantitative estimate of drug-likeness (QED) is 0.666. The van der Waals surface area contributed by atoms with Gasteiger partial charge in [-0.15, -0.1) is 0 Å². The van der Waals surface area contributed by atoms with E-state index in [-0.39, 0.29) is 19.0 Å². The molecule has 0 aliphatic carbocycles. The first-order chi connectivity index (χ1) is 8.79. The van der Waals surface area contributed by atoms with Crippen LogP contribution < -0.4 is 0 Å². The van der Waals surface area contributed by atoms with Gasteiger partial charge < -0.3 is 14.6 Å². The number of ether oxygens (including phenoxy) is 2. The number of benzene rings is 1. The van der Waals surface area contributed by atoms with Gasteiger partial charge in [0.2, 0.25) is 6.79 Å². The first-order valence-corrected chi connectivity index (χ1v) is 5.90. The van der Waals surface area contributed by atoms with E-state index in [1.807, 2.05) is 0 Å². The lowest BCUT2D eigenvalue weighted by Crippen LogP contribution is -2.25. The van der Waals surface area contributed by atoms with Crippen LogP contribution in [-0.4, -0.2) is 23.8 Å². The van der Waals surface area contributed by atoms with Gasteiger partial charge in [0.15, 0.2) is 0 Å². The van der Waals surface area contributed by atoms with Gasteiger partial charge in [-0.05, 0) is 38.5 Å². The Morgan fingerprint density at radius 3 is 2.21 bits per heavy atom. The maximum atomic E-state index is 11.5. The molecule has 104 valence electrons. The Morgan fingerprint density at radius 2 is 1.68 bits per heavy atom. The molecule has 0 saturated carbocycles. The van der Waals surface area contributed by atoms with Crippen molar-refractivity contribution in [1.29, 1.82) is 0 Å². The molecule has 0 aliphatic rings. The fraction of sp³-hybridized carbons (Fsp3) is 0.429. The van der Waals surface area contributed by atoms with E-state index >= 15 is 0 Å². The fourth-order valence-corrected chi connectivity index (χ4v) is 1.20. The smallest absolute Gasteiger partial charge is 0.314 e. The number of carbonyl (C=O) groups is 2. The SMILES string of the molecule is CC(C)(C)C(=O)OCOC(=O)Cc1ccc(O)cc1. The number of phenols is 1. The molecule has 5 nitrogen and oxygen atoms in total. The molecule has 1 N–H and O–H groups in total. The number of rotatable bonds is 4. The van der Waals surface area contributed by atoms with Crippen molar-refractivity contribution in [2.45, 2.75) is 27.2 Å². The van der Waals surface area contributed by atoms with Crippen LogP contribution in [0.3, 0.4) is 0 Å². The van der Waals surface area contributed by atoms with Crippen LogP contribution in [0, 0.1) is 5.41 Å². The predicted molar refractivity (Wildman–Crippen MR) is 68.3 cm³/mol. The van der Waals surface area contributed by atoms with Gasteiger partial charge in [-0.25, -0.2) is 0 Å². The molecule has 0 aromatic heterocycles. The number of carbonyl (C=O) groups excluding carboxylic acids is 2. The highest BCUT2D eigenvalue weighted by atomic mass is 16.7. The van der Waals surface area contributed by atoms with Gasteiger partial charge in [0.25, 0.3) is 0 Å². The highest BCUT2D eigenvalue weighted by molar-refractivity contribution is 5.76. The van der Waals surface area contributed by atoms with Crippen LogP contribution in [0.2, 0.25) is 0 Å². The lowest BCUT2D eigenvalue weighted by atomic mass is 9.98. The van der Waals surface area contributed by atoms with Crippen LogP contribution in [0.1, 0.15) is 26.3 Å². The van der Waals surface area contributed by atoms with Gasteiger partial charge in [0, 0.05) is 0 Å². The standard InChI is InChI=1S/C14H18O5/c1-14(2,3)13(17)19-9-18-12(16)8-10-4-6-11(15)7-5-10/h4-7,15H,8-9H2,1-3H3. The molecule has 0 spiro atoms. The molecule has 0 bridgehead atoms. The van der Waals surface area contributed by atoms with Crippen molar-refractivity contribution in [2.75, 3.05) is 6.79 Å². The average molecular weight is 266 g/mol. The Labute approximate surface area is 112 Å². The van der Waals surface area contributed by atoms with Gasteiger partial charge in [-0.3, -0.25) is 9.59 Å². The van der Waals surface area contributed by atoms with Crippen molar-refractivity contribution < 1.29 is 24.2 Å². The molecule has 0 aliphatic heterocycles. The second-order valence-corrected chi connectivity index (χ2v) is 5.16. The molecular formula is C14H18O5. The molecule has 1 aromatic rings. The molecule has 0 amide bonds. The highest BCUT2D eigenvalue weighted by Crippen LogP contribution is 2.15. The predicted octanol–water partition coefficient (Wildman–Crippen LogP) is 2.02. The first kappa shape index (κ1) is 15.0. The summed E-state index contributed by atoms with van der Waals surface area (Å²) in [6, 6.07) is 6.22. The summed E-state index contributed by atoms with van der Waals surface area (Å²) in [6.45, 7) is 4.77. The van der Waals surface area contributed by atoms with E-state index in [0.29, 0.717) is 5.56 Å². The number of phenolic OH excluding ortho intramolecular Hbond substituents is 1. The Balaban J connectivity index is 2.33. The molecule has 0 fully saturated rings. The van der Waals surface area contributed by atoms with Crippen molar-refractivity contribution >= 4 is 11.9 Å². The molecule has 0 saturated heterocycles. The van der Waals surface area contributed by atoms with Gasteiger partial charge in [-0.2, -0.15) is 0 Å². The summed E-state index contributed by atoms with van der Waals surface area (Å²) in [4.78, 5) is 22.9. The van der Waals surface area contributed by atoms with Gasteiger partial charge in [0.05, 0.1) is 11.8 Å². The molecule has 0 unspecified atom stereocenters. The molecule has 0 heterocycles. The minimum Gasteiger partial charge on any atom is -0.508 e. The van der Waals surface area contributed by atoms with Crippen LogP contribution in [0.15, 0.2) is 24.3 Å². The normalized spacial score (nSPS) is 10.9. The third-order valence-corrected chi connectivity index (χ3v) is 2.31. The average Bonchev–Trinajstić information content (AvgIpc) is 2.31. The summed E-state index contributed by atoms with van der Waals surface area (Å²) in [7, 11) is 0. The Kier molecular flexibility index (Phi) is 4.92. The molecule has 0 radical (unpaired) electrons. The van der Waals surface area contributed by atoms with Crippen LogP contribution in [0.25, 0.3) is 0 Å². The molecule has 5 heteroatoms.